The van der Waals surface area contributed by atoms with Crippen LogP contribution in [0.1, 0.15) is 88.3 Å². The summed E-state index contributed by atoms with van der Waals surface area (Å²) in [5, 5.41) is 2.88. The van der Waals surface area contributed by atoms with Gasteiger partial charge >= 0.3 is 62.6 Å². The van der Waals surface area contributed by atoms with Gasteiger partial charge < -0.3 is 0 Å². The molecule has 0 nitrogen and oxygen atoms in total. The van der Waals surface area contributed by atoms with Gasteiger partial charge in [-0.3, -0.25) is 0 Å². The molecule has 0 aliphatic carbocycles. The Kier molecular flexibility index (Phi) is 19.1. The number of benzene rings is 4. The molecule has 64 heavy (non-hydrogen) atoms. The molecule has 0 atom stereocenters. The van der Waals surface area contributed by atoms with Gasteiger partial charge in [0.2, 0.25) is 0 Å². The van der Waals surface area contributed by atoms with Crippen LogP contribution in [-0.2, 0) is 58.4 Å². The Morgan fingerprint density at radius 1 is 0.500 bits per heavy atom. The molecule has 0 bridgehead atoms. The fraction of sp³-hybridized carbons (Fsp3) is 0.375. The molecule has 0 aromatic heterocycles. The van der Waals surface area contributed by atoms with Crippen LogP contribution in [0.3, 0.4) is 0 Å². The first-order valence-electron chi connectivity index (χ1n) is 19.9. The van der Waals surface area contributed by atoms with Gasteiger partial charge in [0.25, 0.3) is 0 Å². The summed E-state index contributed by atoms with van der Waals surface area (Å²) in [6.07, 6.45) is -16.6. The molecule has 0 N–H and O–H groups in total. The summed E-state index contributed by atoms with van der Waals surface area (Å²) in [6, 6.07) is 22.4. The van der Waals surface area contributed by atoms with Crippen molar-refractivity contribution in [1.29, 1.82) is 0 Å². The molecule has 0 aliphatic heterocycles. The summed E-state index contributed by atoms with van der Waals surface area (Å²) in [5.74, 6) is 0. The summed E-state index contributed by atoms with van der Waals surface area (Å²) >= 11 is -0.826. The first kappa shape index (κ1) is 55.3. The molecule has 6 aromatic carbocycles. The molecular weight excluding hydrogens is 995 g/mol. The van der Waals surface area contributed by atoms with E-state index in [-0.39, 0.29) is 34.1 Å². The van der Waals surface area contributed by atoms with E-state index < -0.39 is 67.8 Å². The van der Waals surface area contributed by atoms with Crippen LogP contribution in [0.15, 0.2) is 97.1 Å². The van der Waals surface area contributed by atoms with Crippen molar-refractivity contribution < 1.29 is 73.5 Å². The Bertz CT molecular complexity index is 2190. The third kappa shape index (κ3) is 16.7. The van der Waals surface area contributed by atoms with Crippen LogP contribution in [0.25, 0.3) is 43.8 Å². The molecule has 16 heteroatoms. The number of rotatable bonds is 6. The van der Waals surface area contributed by atoms with Crippen LogP contribution in [-0.4, -0.2) is 9.52 Å². The second kappa shape index (κ2) is 22.2. The zero-order chi connectivity index (χ0) is 48.6. The molecule has 346 valence electrons. The maximum absolute atomic E-state index is 13.2. The molecule has 0 saturated heterocycles. The van der Waals surface area contributed by atoms with E-state index in [0.29, 0.717) is 21.9 Å². The second-order valence-corrected chi connectivity index (χ2v) is 22.5. The van der Waals surface area contributed by atoms with E-state index >= 15 is 0 Å². The van der Waals surface area contributed by atoms with Gasteiger partial charge in [-0.25, -0.2) is 0 Å². The first-order valence-corrected chi connectivity index (χ1v) is 27.9. The quantitative estimate of drug-likeness (QED) is 0.0886. The molecule has 6 rings (SSSR count). The van der Waals surface area contributed by atoms with Crippen molar-refractivity contribution in [2.24, 2.45) is 10.8 Å². The average Bonchev–Trinajstić information content (AvgIpc) is 3.75. The van der Waals surface area contributed by atoms with Crippen LogP contribution in [0.2, 0.25) is 12.6 Å². The van der Waals surface area contributed by atoms with Gasteiger partial charge in [0.15, 0.2) is 0 Å². The van der Waals surface area contributed by atoms with Gasteiger partial charge in [0.05, 0.1) is 22.3 Å². The maximum atomic E-state index is 13.2. The molecule has 0 heterocycles. The number of fused-ring (bicyclic) bond motifs is 2. The van der Waals surface area contributed by atoms with Gasteiger partial charge in [-0.05, 0) is 71.2 Å². The SMILES string of the molecule is CC(C)(C)Cc1cc2c(-c3cc(C(F)(F)F)cc(C(F)(F)F)c3)cccc2[cH-]1.CC(C)(C)Cc1cc2c(-c3cc(C(F)(F)F)cc(C(F)(F)F)c3)cccc2[cH-]1.CCC[Si]C.[Cl][Zr+2][Cl]. The number of hydrogen-bond acceptors (Lipinski definition) is 0. The molecule has 0 amide bonds. The van der Waals surface area contributed by atoms with Crippen molar-refractivity contribution in [3.8, 4) is 22.3 Å². The predicted molar refractivity (Wildman–Crippen MR) is 235 cm³/mol. The van der Waals surface area contributed by atoms with Crippen molar-refractivity contribution >= 4 is 48.1 Å². The first-order chi connectivity index (χ1) is 29.3. The van der Waals surface area contributed by atoms with Crippen molar-refractivity contribution in [1.82, 2.24) is 0 Å². The van der Waals surface area contributed by atoms with Gasteiger partial charge in [0.1, 0.15) is 0 Å². The van der Waals surface area contributed by atoms with Gasteiger partial charge in [-0.2, -0.15) is 64.8 Å². The van der Waals surface area contributed by atoms with Crippen LogP contribution < -0.4 is 0 Å². The molecule has 0 spiro atoms. The van der Waals surface area contributed by atoms with E-state index in [0.717, 1.165) is 68.5 Å². The van der Waals surface area contributed by atoms with Gasteiger partial charge in [-0.15, -0.1) is 69.1 Å². The van der Waals surface area contributed by atoms with E-state index in [4.69, 9.17) is 17.0 Å². The Morgan fingerprint density at radius 3 is 1.02 bits per heavy atom. The van der Waals surface area contributed by atoms with E-state index in [9.17, 15) is 52.7 Å². The standard InChI is InChI=1S/2C22H19F6.C4H10Si.2ClH.Zr/c2*1-20(2,3)12-13-7-14-5-4-6-18(19(14)8-13)15-9-16(21(23,24)25)11-17(10-15)22(26,27)28;1-3-4-5-2;;;/h2*4-11H,12H2,1-3H3;3-4H2,1-2H3;2*1H;/q2*-1;;;;+4/p-2. The zero-order valence-electron chi connectivity index (χ0n) is 36.4. The number of halogens is 14. The normalized spacial score (nSPS) is 12.5. The van der Waals surface area contributed by atoms with E-state index in [2.05, 4.69) is 55.0 Å². The Hall–Kier alpha value is -3.06. The van der Waals surface area contributed by atoms with Crippen molar-refractivity contribution in [3.05, 3.63) is 130 Å². The molecule has 0 aliphatic rings. The molecule has 6 aromatic rings. The minimum atomic E-state index is -4.87. The third-order valence-corrected chi connectivity index (χ3v) is 10.4. The summed E-state index contributed by atoms with van der Waals surface area (Å²) < 4.78 is 158. The fourth-order valence-corrected chi connectivity index (χ4v) is 7.50. The average molecular weight is 1040 g/mol. The van der Waals surface area contributed by atoms with Gasteiger partial charge in [-0.1, -0.05) is 90.7 Å². The zero-order valence-corrected chi connectivity index (χ0v) is 41.3. The second-order valence-electron chi connectivity index (χ2n) is 17.6. The van der Waals surface area contributed by atoms with E-state index in [1.807, 2.05) is 36.4 Å². The summed E-state index contributed by atoms with van der Waals surface area (Å²) in [4.78, 5) is 0. The predicted octanol–water partition coefficient (Wildman–Crippen LogP) is 18.6. The summed E-state index contributed by atoms with van der Waals surface area (Å²) in [7, 11) is 11.0. The van der Waals surface area contributed by atoms with Crippen LogP contribution in [0.5, 0.6) is 0 Å². The Balaban J connectivity index is 0.000000292. The van der Waals surface area contributed by atoms with Crippen LogP contribution >= 0.6 is 17.0 Å². The molecule has 0 saturated carbocycles. The molecule has 0 unspecified atom stereocenters. The van der Waals surface area contributed by atoms with Crippen molar-refractivity contribution in [2.75, 3.05) is 0 Å². The monoisotopic (exact) mass is 1040 g/mol. The van der Waals surface area contributed by atoms with E-state index in [1.165, 1.54) is 12.5 Å². The Labute approximate surface area is 387 Å². The summed E-state index contributed by atoms with van der Waals surface area (Å²) in [6.45, 7) is 16.8. The topological polar surface area (TPSA) is 0 Å². The van der Waals surface area contributed by atoms with Gasteiger partial charge in [0, 0.05) is 9.52 Å². The van der Waals surface area contributed by atoms with E-state index in [1.54, 1.807) is 24.3 Å². The fourth-order valence-electron chi connectivity index (χ4n) is 7.00. The Morgan fingerprint density at radius 2 is 0.797 bits per heavy atom. The van der Waals surface area contributed by atoms with Crippen molar-refractivity contribution in [3.63, 3.8) is 0 Å². The molecular formula is C48H48Cl2F12SiZr. The minimum absolute atomic E-state index is 0.00416. The summed E-state index contributed by atoms with van der Waals surface area (Å²) in [5.41, 5.74) is -2.71. The van der Waals surface area contributed by atoms with Crippen LogP contribution in [0, 0.1) is 10.8 Å². The van der Waals surface area contributed by atoms with Crippen LogP contribution in [0.4, 0.5) is 52.7 Å². The van der Waals surface area contributed by atoms with Crippen molar-refractivity contribution in [2.45, 2.75) is 105 Å². The molecule has 0 fully saturated rings. The number of alkyl halides is 12. The third-order valence-electron chi connectivity index (χ3n) is 9.39. The molecule has 2 radical (unpaired) electrons. The number of hydrogen-bond donors (Lipinski definition) is 0.